The van der Waals surface area contributed by atoms with E-state index in [-0.39, 0.29) is 10.8 Å². The van der Waals surface area contributed by atoms with Crippen molar-refractivity contribution in [1.82, 2.24) is 10.6 Å². The maximum atomic E-state index is 11.4. The fraction of sp³-hybridized carbons (Fsp3) is 0.462. The number of rotatable bonds is 8. The Morgan fingerprint density at radius 3 is 2.40 bits per heavy atom. The van der Waals surface area contributed by atoms with Crippen molar-refractivity contribution in [1.29, 1.82) is 0 Å². The lowest BCUT2D eigenvalue weighted by Crippen LogP contribution is -2.35. The maximum absolute atomic E-state index is 11.4. The molecular formula is C13H21N3O3S. The Labute approximate surface area is 119 Å². The summed E-state index contributed by atoms with van der Waals surface area (Å²) in [7, 11) is -3.64. The van der Waals surface area contributed by atoms with Crippen molar-refractivity contribution in [2.75, 3.05) is 19.6 Å². The van der Waals surface area contributed by atoms with Crippen molar-refractivity contribution >= 4 is 15.9 Å². The Hall–Kier alpha value is -1.44. The van der Waals surface area contributed by atoms with Gasteiger partial charge < -0.3 is 10.6 Å². The minimum Gasteiger partial charge on any atom is -0.355 e. The highest BCUT2D eigenvalue weighted by Gasteiger charge is 2.06. The topological polar surface area (TPSA) is 101 Å². The van der Waals surface area contributed by atoms with Crippen LogP contribution in [0.1, 0.15) is 18.9 Å². The van der Waals surface area contributed by atoms with E-state index in [1.54, 1.807) is 12.1 Å². The van der Waals surface area contributed by atoms with Gasteiger partial charge in [0.05, 0.1) is 11.4 Å². The Morgan fingerprint density at radius 1 is 1.20 bits per heavy atom. The van der Waals surface area contributed by atoms with Gasteiger partial charge in [-0.1, -0.05) is 19.1 Å². The Morgan fingerprint density at radius 2 is 1.85 bits per heavy atom. The summed E-state index contributed by atoms with van der Waals surface area (Å²) < 4.78 is 22.2. The second kappa shape index (κ2) is 7.98. The number of carbonyl (C=O) groups excluding carboxylic acids is 1. The van der Waals surface area contributed by atoms with Gasteiger partial charge >= 0.3 is 0 Å². The van der Waals surface area contributed by atoms with Gasteiger partial charge in [-0.15, -0.1) is 0 Å². The van der Waals surface area contributed by atoms with Gasteiger partial charge in [-0.2, -0.15) is 0 Å². The molecule has 1 aromatic rings. The van der Waals surface area contributed by atoms with Crippen LogP contribution in [0.4, 0.5) is 0 Å². The fourth-order valence-corrected chi connectivity index (χ4v) is 2.15. The zero-order valence-electron chi connectivity index (χ0n) is 11.6. The van der Waals surface area contributed by atoms with Crippen molar-refractivity contribution in [3.8, 4) is 0 Å². The van der Waals surface area contributed by atoms with Crippen LogP contribution in [-0.2, 0) is 21.2 Å². The van der Waals surface area contributed by atoms with E-state index in [0.717, 1.165) is 18.5 Å². The number of nitrogens with one attached hydrogen (secondary N) is 2. The molecule has 0 aliphatic rings. The molecule has 1 rings (SSSR count). The number of nitrogens with two attached hydrogens (primary N) is 1. The van der Waals surface area contributed by atoms with Crippen LogP contribution in [0.15, 0.2) is 29.2 Å². The second-order valence-electron chi connectivity index (χ2n) is 4.47. The molecular weight excluding hydrogens is 278 g/mol. The van der Waals surface area contributed by atoms with Crippen LogP contribution in [0.3, 0.4) is 0 Å². The number of hydrogen-bond donors (Lipinski definition) is 3. The van der Waals surface area contributed by atoms with Gasteiger partial charge in [0, 0.05) is 6.54 Å². The van der Waals surface area contributed by atoms with Crippen molar-refractivity contribution in [2.45, 2.75) is 24.7 Å². The first-order valence-corrected chi connectivity index (χ1v) is 8.07. The van der Waals surface area contributed by atoms with Crippen LogP contribution in [-0.4, -0.2) is 34.0 Å². The average Bonchev–Trinajstić information content (AvgIpc) is 2.38. The smallest absolute Gasteiger partial charge is 0.238 e. The van der Waals surface area contributed by atoms with E-state index in [2.05, 4.69) is 10.6 Å². The lowest BCUT2D eigenvalue weighted by molar-refractivity contribution is -0.120. The van der Waals surface area contributed by atoms with Gasteiger partial charge in [0.25, 0.3) is 0 Å². The van der Waals surface area contributed by atoms with Gasteiger partial charge in [0.1, 0.15) is 0 Å². The summed E-state index contributed by atoms with van der Waals surface area (Å²) in [4.78, 5) is 11.5. The summed E-state index contributed by atoms with van der Waals surface area (Å²) >= 11 is 0. The Balaban J connectivity index is 2.34. The van der Waals surface area contributed by atoms with Crippen LogP contribution < -0.4 is 15.8 Å². The molecule has 0 aliphatic heterocycles. The summed E-state index contributed by atoms with van der Waals surface area (Å²) in [6.07, 6.45) is 1.63. The van der Waals surface area contributed by atoms with E-state index in [1.165, 1.54) is 12.1 Å². The molecule has 20 heavy (non-hydrogen) atoms. The highest BCUT2D eigenvalue weighted by Crippen LogP contribution is 2.08. The van der Waals surface area contributed by atoms with E-state index in [0.29, 0.717) is 19.5 Å². The summed E-state index contributed by atoms with van der Waals surface area (Å²) in [6.45, 7) is 3.69. The molecule has 0 fully saturated rings. The third-order valence-corrected chi connectivity index (χ3v) is 3.63. The van der Waals surface area contributed by atoms with Crippen molar-refractivity contribution in [2.24, 2.45) is 5.14 Å². The molecule has 0 bridgehead atoms. The van der Waals surface area contributed by atoms with E-state index < -0.39 is 10.0 Å². The van der Waals surface area contributed by atoms with Gasteiger partial charge in [-0.3, -0.25) is 4.79 Å². The number of hydrogen-bond acceptors (Lipinski definition) is 4. The lowest BCUT2D eigenvalue weighted by Gasteiger charge is -2.06. The zero-order chi connectivity index (χ0) is 15.0. The number of carbonyl (C=O) groups is 1. The van der Waals surface area contributed by atoms with Crippen LogP contribution >= 0.6 is 0 Å². The second-order valence-corrected chi connectivity index (χ2v) is 6.03. The van der Waals surface area contributed by atoms with Crippen LogP contribution in [0, 0.1) is 0 Å². The Bertz CT molecular complexity index is 526. The van der Waals surface area contributed by atoms with Crippen molar-refractivity contribution in [3.05, 3.63) is 29.8 Å². The summed E-state index contributed by atoms with van der Waals surface area (Å²) in [5.41, 5.74) is 0.944. The van der Waals surface area contributed by atoms with E-state index in [1.807, 2.05) is 6.92 Å². The average molecular weight is 299 g/mol. The molecule has 0 aliphatic carbocycles. The highest BCUT2D eigenvalue weighted by atomic mass is 32.2. The van der Waals surface area contributed by atoms with Crippen molar-refractivity contribution < 1.29 is 13.2 Å². The maximum Gasteiger partial charge on any atom is 0.238 e. The van der Waals surface area contributed by atoms with Crippen LogP contribution in [0.5, 0.6) is 0 Å². The van der Waals surface area contributed by atoms with Gasteiger partial charge in [-0.25, -0.2) is 13.6 Å². The molecule has 0 atom stereocenters. The molecule has 0 heterocycles. The third-order valence-electron chi connectivity index (χ3n) is 2.70. The molecule has 0 unspecified atom stereocenters. The third kappa shape index (κ3) is 6.14. The normalized spacial score (nSPS) is 11.3. The SMILES string of the molecule is CCCNCC(=O)NCCc1ccc(S(N)(=O)=O)cc1. The first-order chi connectivity index (χ1) is 9.43. The van der Waals surface area contributed by atoms with Crippen LogP contribution in [0.2, 0.25) is 0 Å². The molecule has 0 spiro atoms. The van der Waals surface area contributed by atoms with Gasteiger partial charge in [0.2, 0.25) is 15.9 Å². The molecule has 0 aromatic heterocycles. The summed E-state index contributed by atoms with van der Waals surface area (Å²) in [5, 5.41) is 10.8. The quantitative estimate of drug-likeness (QED) is 0.588. The number of primary sulfonamides is 1. The summed E-state index contributed by atoms with van der Waals surface area (Å²) in [6, 6.07) is 6.33. The molecule has 0 radical (unpaired) electrons. The molecule has 112 valence electrons. The highest BCUT2D eigenvalue weighted by molar-refractivity contribution is 7.89. The standard InChI is InChI=1S/C13H21N3O3S/c1-2-8-15-10-13(17)16-9-7-11-3-5-12(6-4-11)20(14,18)19/h3-6,15H,2,7-10H2,1H3,(H,16,17)(H2,14,18,19). The fourth-order valence-electron chi connectivity index (χ4n) is 1.63. The molecule has 0 saturated carbocycles. The molecule has 0 saturated heterocycles. The van der Waals surface area contributed by atoms with Crippen LogP contribution in [0.25, 0.3) is 0 Å². The lowest BCUT2D eigenvalue weighted by atomic mass is 10.1. The summed E-state index contributed by atoms with van der Waals surface area (Å²) in [5.74, 6) is -0.0420. The molecule has 6 nitrogen and oxygen atoms in total. The first-order valence-electron chi connectivity index (χ1n) is 6.52. The minimum absolute atomic E-state index is 0.0420. The molecule has 4 N–H and O–H groups in total. The monoisotopic (exact) mass is 299 g/mol. The number of benzene rings is 1. The molecule has 1 aromatic carbocycles. The molecule has 7 heteroatoms. The first kappa shape index (κ1) is 16.6. The van der Waals surface area contributed by atoms with Crippen molar-refractivity contribution in [3.63, 3.8) is 0 Å². The predicted molar refractivity (Wildman–Crippen MR) is 77.7 cm³/mol. The predicted octanol–water partition coefficient (Wildman–Crippen LogP) is -0.00770. The van der Waals surface area contributed by atoms with E-state index in [9.17, 15) is 13.2 Å². The van der Waals surface area contributed by atoms with Gasteiger partial charge in [-0.05, 0) is 37.1 Å². The van der Waals surface area contributed by atoms with E-state index in [4.69, 9.17) is 5.14 Å². The number of sulfonamides is 1. The van der Waals surface area contributed by atoms with Gasteiger partial charge in [0.15, 0.2) is 0 Å². The largest absolute Gasteiger partial charge is 0.355 e. The zero-order valence-corrected chi connectivity index (χ0v) is 12.4. The van der Waals surface area contributed by atoms with E-state index >= 15 is 0 Å². The number of amides is 1. The Kier molecular flexibility index (Phi) is 6.63. The molecule has 1 amide bonds. The minimum atomic E-state index is -3.64.